The summed E-state index contributed by atoms with van der Waals surface area (Å²) in [4.78, 5) is 9.39. The van der Waals surface area contributed by atoms with Crippen molar-refractivity contribution in [3.05, 3.63) is 36.0 Å². The minimum atomic E-state index is -2.97. The van der Waals surface area contributed by atoms with Gasteiger partial charge in [-0.25, -0.2) is 0 Å². The summed E-state index contributed by atoms with van der Waals surface area (Å²) in [5.41, 5.74) is 2.27. The molecule has 156 valence electrons. The molecule has 2 aliphatic heterocycles. The van der Waals surface area contributed by atoms with Gasteiger partial charge in [-0.1, -0.05) is 6.92 Å². The molecule has 2 aromatic rings. The molecule has 1 N–H and O–H groups in total. The first-order valence-corrected chi connectivity index (χ1v) is 10.2. The number of phenols is 1. The van der Waals surface area contributed by atoms with Gasteiger partial charge in [-0.3, -0.25) is 4.98 Å². The number of likely N-dealkylation sites (tertiary alicyclic amines) is 1. The van der Waals surface area contributed by atoms with Gasteiger partial charge in [0.05, 0.1) is 23.1 Å². The first-order valence-electron chi connectivity index (χ1n) is 10.2. The number of aryl methyl sites for hydroxylation is 1. The van der Waals surface area contributed by atoms with Gasteiger partial charge in [0.2, 0.25) is 0 Å². The van der Waals surface area contributed by atoms with E-state index in [1.165, 1.54) is 31.5 Å². The highest BCUT2D eigenvalue weighted by atomic mass is 19.3. The molecule has 1 aromatic carbocycles. The Morgan fingerprint density at radius 1 is 1.24 bits per heavy atom. The average molecular weight is 403 g/mol. The van der Waals surface area contributed by atoms with Gasteiger partial charge in [0, 0.05) is 19.1 Å². The van der Waals surface area contributed by atoms with Crippen LogP contribution in [0, 0.1) is 12.8 Å². The Hall–Kier alpha value is -2.41. The summed E-state index contributed by atoms with van der Waals surface area (Å²) in [6.07, 6.45) is 4.19. The van der Waals surface area contributed by atoms with Gasteiger partial charge >= 0.3 is 6.61 Å². The van der Waals surface area contributed by atoms with E-state index in [1.54, 1.807) is 19.2 Å². The van der Waals surface area contributed by atoms with E-state index in [9.17, 15) is 13.9 Å². The maximum atomic E-state index is 12.8. The van der Waals surface area contributed by atoms with E-state index in [2.05, 4.69) is 26.4 Å². The van der Waals surface area contributed by atoms with Crippen molar-refractivity contribution in [3.63, 3.8) is 0 Å². The van der Waals surface area contributed by atoms with Gasteiger partial charge in [-0.05, 0) is 68.6 Å². The number of likely N-dealkylation sites (N-methyl/N-ethyl adjacent to an activating group) is 1. The Morgan fingerprint density at radius 3 is 2.72 bits per heavy atom. The fraction of sp³-hybridized carbons (Fsp3) is 0.500. The molecule has 0 radical (unpaired) electrons. The quantitative estimate of drug-likeness (QED) is 0.807. The molecule has 29 heavy (non-hydrogen) atoms. The second kappa shape index (κ2) is 8.14. The number of benzene rings is 1. The van der Waals surface area contributed by atoms with Crippen molar-refractivity contribution in [1.29, 1.82) is 0 Å². The monoisotopic (exact) mass is 403 g/mol. The molecular weight excluding hydrogens is 376 g/mol. The maximum Gasteiger partial charge on any atom is 0.387 e. The Balaban J connectivity index is 1.61. The van der Waals surface area contributed by atoms with Crippen molar-refractivity contribution in [2.24, 2.45) is 5.92 Å². The number of rotatable bonds is 5. The van der Waals surface area contributed by atoms with Crippen LogP contribution in [-0.4, -0.2) is 53.8 Å². The third kappa shape index (κ3) is 4.01. The standard InChI is InChI=1S/C22H27F2N3O2/c1-3-26-8-6-15-7-9-27(18(15)13-26)16-4-5-17(25-12-16)21-19(28)10-14(2)11-20(21)29-22(23)24/h4-5,10-12,15,18,22,28H,3,6-9,13H2,1-2H3/t15-,18-/m0/s1. The number of phenolic OH excluding ortho intramolecular Hbond substituents is 1. The number of alkyl halides is 2. The Labute approximate surface area is 169 Å². The SMILES string of the molecule is CCN1CC[C@H]2CCN(c3ccc(-c4c(O)cc(C)cc4OC(F)F)nc3)[C@H]2C1. The van der Waals surface area contributed by atoms with Crippen LogP contribution in [0.3, 0.4) is 0 Å². The number of pyridine rings is 1. The lowest BCUT2D eigenvalue weighted by Gasteiger charge is -2.38. The van der Waals surface area contributed by atoms with E-state index in [4.69, 9.17) is 0 Å². The molecule has 0 spiro atoms. The molecular formula is C22H27F2N3O2. The lowest BCUT2D eigenvalue weighted by atomic mass is 9.92. The molecule has 3 heterocycles. The molecule has 7 heteroatoms. The van der Waals surface area contributed by atoms with Gasteiger partial charge < -0.3 is 19.6 Å². The number of fused-ring (bicyclic) bond motifs is 1. The van der Waals surface area contributed by atoms with E-state index in [1.807, 2.05) is 6.07 Å². The number of halogens is 2. The Bertz CT molecular complexity index is 860. The van der Waals surface area contributed by atoms with E-state index in [-0.39, 0.29) is 17.1 Å². The minimum absolute atomic E-state index is 0.0649. The van der Waals surface area contributed by atoms with Gasteiger partial charge in [-0.15, -0.1) is 0 Å². The fourth-order valence-corrected chi connectivity index (χ4v) is 4.70. The van der Waals surface area contributed by atoms with Crippen LogP contribution in [0.15, 0.2) is 30.5 Å². The number of hydrogen-bond donors (Lipinski definition) is 1. The molecule has 0 amide bonds. The summed E-state index contributed by atoms with van der Waals surface area (Å²) in [5.74, 6) is 0.530. The van der Waals surface area contributed by atoms with E-state index < -0.39 is 6.61 Å². The third-order valence-electron chi connectivity index (χ3n) is 6.17. The molecule has 0 bridgehead atoms. The second-order valence-electron chi connectivity index (χ2n) is 7.93. The molecule has 2 aliphatic rings. The lowest BCUT2D eigenvalue weighted by molar-refractivity contribution is -0.0495. The predicted molar refractivity (Wildman–Crippen MR) is 109 cm³/mol. The Morgan fingerprint density at radius 2 is 2.03 bits per heavy atom. The minimum Gasteiger partial charge on any atom is -0.507 e. The van der Waals surface area contributed by atoms with E-state index in [0.717, 1.165) is 25.3 Å². The number of piperidine rings is 1. The van der Waals surface area contributed by atoms with Gasteiger partial charge in [0.1, 0.15) is 11.5 Å². The van der Waals surface area contributed by atoms with Crippen LogP contribution in [-0.2, 0) is 0 Å². The number of ether oxygens (including phenoxy) is 1. The van der Waals surface area contributed by atoms with Crippen molar-refractivity contribution in [3.8, 4) is 22.8 Å². The summed E-state index contributed by atoms with van der Waals surface area (Å²) >= 11 is 0. The molecule has 2 atom stereocenters. The number of aromatic nitrogens is 1. The predicted octanol–water partition coefficient (Wildman–Crippen LogP) is 4.28. The largest absolute Gasteiger partial charge is 0.507 e. The third-order valence-corrected chi connectivity index (χ3v) is 6.17. The lowest BCUT2D eigenvalue weighted by Crippen LogP contribution is -2.48. The summed E-state index contributed by atoms with van der Waals surface area (Å²) in [5, 5.41) is 10.3. The topological polar surface area (TPSA) is 48.8 Å². The number of aromatic hydroxyl groups is 1. The summed E-state index contributed by atoms with van der Waals surface area (Å²) in [7, 11) is 0. The van der Waals surface area contributed by atoms with Crippen LogP contribution in [0.25, 0.3) is 11.3 Å². The van der Waals surface area contributed by atoms with Crippen LogP contribution in [0.5, 0.6) is 11.5 Å². The van der Waals surface area contributed by atoms with Crippen LogP contribution >= 0.6 is 0 Å². The fourth-order valence-electron chi connectivity index (χ4n) is 4.70. The highest BCUT2D eigenvalue weighted by molar-refractivity contribution is 5.75. The highest BCUT2D eigenvalue weighted by Gasteiger charge is 2.38. The van der Waals surface area contributed by atoms with Gasteiger partial charge in [0.25, 0.3) is 0 Å². The maximum absolute atomic E-state index is 12.8. The van der Waals surface area contributed by atoms with Crippen LogP contribution in [0.4, 0.5) is 14.5 Å². The van der Waals surface area contributed by atoms with Crippen molar-refractivity contribution in [2.75, 3.05) is 31.1 Å². The average Bonchev–Trinajstić information content (AvgIpc) is 3.10. The zero-order chi connectivity index (χ0) is 20.5. The first-order chi connectivity index (χ1) is 14.0. The molecule has 2 fully saturated rings. The van der Waals surface area contributed by atoms with Crippen molar-refractivity contribution in [2.45, 2.75) is 39.3 Å². The molecule has 5 nitrogen and oxygen atoms in total. The number of hydrogen-bond acceptors (Lipinski definition) is 5. The summed E-state index contributed by atoms with van der Waals surface area (Å²) in [6.45, 7) is 5.24. The Kier molecular flexibility index (Phi) is 5.58. The van der Waals surface area contributed by atoms with Crippen LogP contribution in [0.1, 0.15) is 25.3 Å². The molecule has 0 aliphatic carbocycles. The molecule has 0 unspecified atom stereocenters. The van der Waals surface area contributed by atoms with E-state index >= 15 is 0 Å². The number of anilines is 1. The van der Waals surface area contributed by atoms with Crippen molar-refractivity contribution < 1.29 is 18.6 Å². The molecule has 1 aromatic heterocycles. The molecule has 2 saturated heterocycles. The van der Waals surface area contributed by atoms with Crippen molar-refractivity contribution in [1.82, 2.24) is 9.88 Å². The first kappa shape index (κ1) is 19.9. The van der Waals surface area contributed by atoms with E-state index in [0.29, 0.717) is 23.2 Å². The zero-order valence-electron chi connectivity index (χ0n) is 16.8. The second-order valence-corrected chi connectivity index (χ2v) is 7.93. The van der Waals surface area contributed by atoms with Crippen LogP contribution < -0.4 is 9.64 Å². The van der Waals surface area contributed by atoms with Gasteiger partial charge in [0.15, 0.2) is 0 Å². The van der Waals surface area contributed by atoms with Crippen molar-refractivity contribution >= 4 is 5.69 Å². The summed E-state index contributed by atoms with van der Waals surface area (Å²) in [6, 6.07) is 7.23. The summed E-state index contributed by atoms with van der Waals surface area (Å²) < 4.78 is 30.3. The van der Waals surface area contributed by atoms with Gasteiger partial charge in [-0.2, -0.15) is 8.78 Å². The molecule has 4 rings (SSSR count). The zero-order valence-corrected chi connectivity index (χ0v) is 16.8. The highest BCUT2D eigenvalue weighted by Crippen LogP contribution is 2.40. The smallest absolute Gasteiger partial charge is 0.387 e. The molecule has 0 saturated carbocycles. The van der Waals surface area contributed by atoms with Crippen LogP contribution in [0.2, 0.25) is 0 Å². The number of nitrogens with zero attached hydrogens (tertiary/aromatic N) is 3. The normalized spacial score (nSPS) is 22.2.